The van der Waals surface area contributed by atoms with E-state index in [4.69, 9.17) is 0 Å². The van der Waals surface area contributed by atoms with Crippen molar-refractivity contribution in [3.63, 3.8) is 0 Å². The molecule has 82 valence electrons. The molecule has 3 rings (SSSR count). The number of H-pyrrole nitrogens is 1. The molecule has 2 N–H and O–H groups in total. The molecule has 0 bridgehead atoms. The summed E-state index contributed by atoms with van der Waals surface area (Å²) in [4.78, 5) is 10.2. The van der Waals surface area contributed by atoms with Crippen LogP contribution in [0.1, 0.15) is 30.3 Å². The Bertz CT molecular complexity index is 327. The van der Waals surface area contributed by atoms with E-state index in [2.05, 4.69) is 20.2 Å². The Morgan fingerprint density at radius 2 is 2.27 bits per heavy atom. The van der Waals surface area contributed by atoms with Gasteiger partial charge in [-0.2, -0.15) is 0 Å². The van der Waals surface area contributed by atoms with Gasteiger partial charge in [-0.05, 0) is 25.9 Å². The summed E-state index contributed by atoms with van der Waals surface area (Å²) in [5.74, 6) is 0. The molecule has 0 amide bonds. The highest BCUT2D eigenvalue weighted by molar-refractivity contribution is 5.19. The van der Waals surface area contributed by atoms with Crippen LogP contribution >= 0.6 is 0 Å². The molecular weight excluding hydrogens is 188 g/mol. The number of likely N-dealkylation sites (tertiary alicyclic amines) is 1. The first-order chi connectivity index (χ1) is 7.43. The number of nitrogens with one attached hydrogen (secondary N) is 2. The van der Waals surface area contributed by atoms with Gasteiger partial charge in [0, 0.05) is 25.2 Å². The molecule has 0 saturated carbocycles. The summed E-state index contributed by atoms with van der Waals surface area (Å²) in [7, 11) is 0. The van der Waals surface area contributed by atoms with Gasteiger partial charge in [0.1, 0.15) is 0 Å². The van der Waals surface area contributed by atoms with Crippen LogP contribution in [-0.4, -0.2) is 41.0 Å². The smallest absolute Gasteiger partial charge is 0.0925 e. The van der Waals surface area contributed by atoms with Crippen molar-refractivity contribution >= 4 is 0 Å². The molecule has 0 radical (unpaired) electrons. The molecule has 3 heterocycles. The van der Waals surface area contributed by atoms with Crippen molar-refractivity contribution in [2.24, 2.45) is 0 Å². The van der Waals surface area contributed by atoms with Gasteiger partial charge in [-0.1, -0.05) is 0 Å². The summed E-state index contributed by atoms with van der Waals surface area (Å²) >= 11 is 0. The first-order valence-electron chi connectivity index (χ1n) is 5.91. The standard InChI is InChI=1S/C11H18N4/c1-2-6-15(5-1)7-10-11-9(3-4-12-10)13-8-14-11/h8,10,12H,1-7H2,(H,13,14). The van der Waals surface area contributed by atoms with Crippen molar-refractivity contribution in [1.82, 2.24) is 20.2 Å². The molecule has 1 fully saturated rings. The Kier molecular flexibility index (Phi) is 2.46. The highest BCUT2D eigenvalue weighted by Crippen LogP contribution is 2.21. The van der Waals surface area contributed by atoms with E-state index < -0.39 is 0 Å². The van der Waals surface area contributed by atoms with Crippen LogP contribution in [0.2, 0.25) is 0 Å². The second-order valence-corrected chi connectivity index (χ2v) is 4.53. The third kappa shape index (κ3) is 1.79. The lowest BCUT2D eigenvalue weighted by Crippen LogP contribution is -2.38. The number of hydrogen-bond acceptors (Lipinski definition) is 3. The Balaban J connectivity index is 1.72. The number of nitrogens with zero attached hydrogens (tertiary/aromatic N) is 2. The third-order valence-corrected chi connectivity index (χ3v) is 3.49. The average molecular weight is 206 g/mol. The Labute approximate surface area is 90.1 Å². The molecule has 15 heavy (non-hydrogen) atoms. The van der Waals surface area contributed by atoms with Gasteiger partial charge in [-0.15, -0.1) is 0 Å². The minimum Gasteiger partial charge on any atom is -0.348 e. The zero-order valence-corrected chi connectivity index (χ0v) is 9.00. The maximum atomic E-state index is 4.44. The third-order valence-electron chi connectivity index (χ3n) is 3.49. The first-order valence-corrected chi connectivity index (χ1v) is 5.91. The van der Waals surface area contributed by atoms with E-state index in [9.17, 15) is 0 Å². The lowest BCUT2D eigenvalue weighted by atomic mass is 10.1. The van der Waals surface area contributed by atoms with Crippen molar-refractivity contribution in [3.8, 4) is 0 Å². The zero-order chi connectivity index (χ0) is 10.1. The molecule has 1 aromatic rings. The van der Waals surface area contributed by atoms with Gasteiger partial charge in [-0.25, -0.2) is 4.98 Å². The molecule has 0 spiro atoms. The molecule has 0 aliphatic carbocycles. The normalized spacial score (nSPS) is 26.8. The van der Waals surface area contributed by atoms with Crippen LogP contribution in [0.25, 0.3) is 0 Å². The van der Waals surface area contributed by atoms with Crippen LogP contribution in [0.5, 0.6) is 0 Å². The van der Waals surface area contributed by atoms with Crippen LogP contribution in [0.3, 0.4) is 0 Å². The highest BCUT2D eigenvalue weighted by Gasteiger charge is 2.25. The van der Waals surface area contributed by atoms with Gasteiger partial charge in [0.2, 0.25) is 0 Å². The lowest BCUT2D eigenvalue weighted by Gasteiger charge is -2.27. The second-order valence-electron chi connectivity index (χ2n) is 4.53. The van der Waals surface area contributed by atoms with Gasteiger partial charge in [0.05, 0.1) is 18.1 Å². The predicted octanol–water partition coefficient (Wildman–Crippen LogP) is 0.692. The largest absolute Gasteiger partial charge is 0.348 e. The van der Waals surface area contributed by atoms with E-state index in [0.717, 1.165) is 19.5 Å². The zero-order valence-electron chi connectivity index (χ0n) is 9.00. The fourth-order valence-corrected chi connectivity index (χ4v) is 2.67. The first kappa shape index (κ1) is 9.36. The second kappa shape index (κ2) is 3.94. The van der Waals surface area contributed by atoms with Crippen LogP contribution in [0.15, 0.2) is 6.33 Å². The van der Waals surface area contributed by atoms with Crippen LogP contribution in [0, 0.1) is 0 Å². The van der Waals surface area contributed by atoms with E-state index in [1.54, 1.807) is 0 Å². The van der Waals surface area contributed by atoms with Gasteiger partial charge in [-0.3, -0.25) is 0 Å². The van der Waals surface area contributed by atoms with E-state index in [1.807, 2.05) is 6.33 Å². The van der Waals surface area contributed by atoms with Crippen LogP contribution in [-0.2, 0) is 6.42 Å². The van der Waals surface area contributed by atoms with Crippen molar-refractivity contribution < 1.29 is 0 Å². The van der Waals surface area contributed by atoms with E-state index in [-0.39, 0.29) is 0 Å². The van der Waals surface area contributed by atoms with Gasteiger partial charge < -0.3 is 15.2 Å². The van der Waals surface area contributed by atoms with Gasteiger partial charge >= 0.3 is 0 Å². The summed E-state index contributed by atoms with van der Waals surface area (Å²) in [5.41, 5.74) is 2.58. The molecule has 1 aromatic heterocycles. The van der Waals surface area contributed by atoms with Crippen molar-refractivity contribution in [1.29, 1.82) is 0 Å². The molecule has 1 saturated heterocycles. The number of imidazole rings is 1. The topological polar surface area (TPSA) is 44.0 Å². The summed E-state index contributed by atoms with van der Waals surface area (Å²) in [6.45, 7) is 4.72. The number of fused-ring (bicyclic) bond motifs is 1. The Morgan fingerprint density at radius 1 is 1.40 bits per heavy atom. The fraction of sp³-hybridized carbons (Fsp3) is 0.727. The average Bonchev–Trinajstić information content (AvgIpc) is 2.87. The molecule has 4 heteroatoms. The van der Waals surface area contributed by atoms with Crippen molar-refractivity contribution in [3.05, 3.63) is 17.7 Å². The fourth-order valence-electron chi connectivity index (χ4n) is 2.67. The van der Waals surface area contributed by atoms with Crippen LogP contribution in [0.4, 0.5) is 0 Å². The molecule has 1 unspecified atom stereocenters. The van der Waals surface area contributed by atoms with E-state index >= 15 is 0 Å². The lowest BCUT2D eigenvalue weighted by molar-refractivity contribution is 0.284. The molecule has 4 nitrogen and oxygen atoms in total. The summed E-state index contributed by atoms with van der Waals surface area (Å²) in [6.07, 6.45) is 5.64. The van der Waals surface area contributed by atoms with E-state index in [1.165, 1.54) is 37.3 Å². The monoisotopic (exact) mass is 206 g/mol. The Morgan fingerprint density at radius 3 is 3.13 bits per heavy atom. The van der Waals surface area contributed by atoms with E-state index in [0.29, 0.717) is 6.04 Å². The van der Waals surface area contributed by atoms with Gasteiger partial charge in [0.25, 0.3) is 0 Å². The Hall–Kier alpha value is -0.870. The summed E-state index contributed by atoms with van der Waals surface area (Å²) < 4.78 is 0. The molecule has 0 aromatic carbocycles. The molecule has 2 aliphatic heterocycles. The number of hydrogen-bond donors (Lipinski definition) is 2. The number of aromatic amines is 1. The van der Waals surface area contributed by atoms with Gasteiger partial charge in [0.15, 0.2) is 0 Å². The van der Waals surface area contributed by atoms with Crippen molar-refractivity contribution in [2.75, 3.05) is 26.2 Å². The number of rotatable bonds is 2. The molecule has 1 atom stereocenters. The van der Waals surface area contributed by atoms with Crippen molar-refractivity contribution in [2.45, 2.75) is 25.3 Å². The SMILES string of the molecule is c1nc2c([nH]1)CCNC2CN1CCCC1. The minimum absolute atomic E-state index is 0.443. The predicted molar refractivity (Wildman–Crippen MR) is 58.7 cm³/mol. The molecular formula is C11H18N4. The number of aromatic nitrogens is 2. The maximum Gasteiger partial charge on any atom is 0.0925 e. The summed E-state index contributed by atoms with van der Waals surface area (Å²) in [6, 6.07) is 0.443. The quantitative estimate of drug-likeness (QED) is 0.748. The summed E-state index contributed by atoms with van der Waals surface area (Å²) in [5, 5.41) is 3.56. The highest BCUT2D eigenvalue weighted by atomic mass is 15.2. The maximum absolute atomic E-state index is 4.44. The minimum atomic E-state index is 0.443. The molecule has 2 aliphatic rings. The van der Waals surface area contributed by atoms with Crippen LogP contribution < -0.4 is 5.32 Å².